The molecule has 6 aliphatic carbocycles. The Hall–Kier alpha value is -4.94. The minimum atomic E-state index is 0.0622. The van der Waals surface area contributed by atoms with Gasteiger partial charge in [0.05, 0.1) is 0 Å². The van der Waals surface area contributed by atoms with Gasteiger partial charge in [0.2, 0.25) is 0 Å². The van der Waals surface area contributed by atoms with Gasteiger partial charge in [-0.25, -0.2) is 0 Å². The maximum absolute atomic E-state index is 2.60. The van der Waals surface area contributed by atoms with E-state index in [-0.39, 0.29) is 5.41 Å². The molecule has 11 rings (SSSR count). The van der Waals surface area contributed by atoms with Crippen molar-refractivity contribution in [3.8, 4) is 11.1 Å². The van der Waals surface area contributed by atoms with Gasteiger partial charge in [-0.1, -0.05) is 141 Å². The largest absolute Gasteiger partial charge is 0.0842 e. The molecule has 0 radical (unpaired) electrons. The molecule has 3 atom stereocenters. The van der Waals surface area contributed by atoms with Crippen LogP contribution in [-0.4, -0.2) is 0 Å². The molecule has 6 aliphatic rings. The highest BCUT2D eigenvalue weighted by Gasteiger charge is 2.44. The molecule has 0 spiro atoms. The summed E-state index contributed by atoms with van der Waals surface area (Å²) in [6.45, 7) is 4.96. The van der Waals surface area contributed by atoms with E-state index in [1.54, 1.807) is 16.7 Å². The second-order valence-electron chi connectivity index (χ2n) is 16.5. The van der Waals surface area contributed by atoms with E-state index in [0.717, 1.165) is 31.6 Å². The highest BCUT2D eigenvalue weighted by Crippen LogP contribution is 2.52. The highest BCUT2D eigenvalue weighted by atomic mass is 14.5. The van der Waals surface area contributed by atoms with Gasteiger partial charge in [-0.05, 0) is 160 Å². The van der Waals surface area contributed by atoms with Gasteiger partial charge >= 0.3 is 0 Å². The van der Waals surface area contributed by atoms with Crippen LogP contribution in [0.15, 0.2) is 115 Å². The van der Waals surface area contributed by atoms with Crippen molar-refractivity contribution >= 4 is 45.7 Å². The molecule has 0 N–H and O–H groups in total. The van der Waals surface area contributed by atoms with E-state index in [9.17, 15) is 0 Å². The number of benzene rings is 5. The van der Waals surface area contributed by atoms with Crippen LogP contribution in [0.1, 0.15) is 75.5 Å². The van der Waals surface area contributed by atoms with Crippen LogP contribution < -0.4 is 31.3 Å². The Labute approximate surface area is 300 Å². The number of hydrogen-bond donors (Lipinski definition) is 0. The first kappa shape index (κ1) is 29.8. The first-order valence-corrected chi connectivity index (χ1v) is 19.5. The Balaban J connectivity index is 1.23. The van der Waals surface area contributed by atoms with E-state index in [2.05, 4.69) is 141 Å². The minimum Gasteiger partial charge on any atom is -0.0842 e. The summed E-state index contributed by atoms with van der Waals surface area (Å²) in [6, 6.07) is 35.1. The zero-order valence-corrected chi connectivity index (χ0v) is 29.8. The second-order valence-corrected chi connectivity index (χ2v) is 16.5. The van der Waals surface area contributed by atoms with Gasteiger partial charge < -0.3 is 0 Å². The smallest absolute Gasteiger partial charge is 0.00168 e. The van der Waals surface area contributed by atoms with Crippen molar-refractivity contribution in [2.75, 3.05) is 0 Å². The quantitative estimate of drug-likeness (QED) is 0.182. The summed E-state index contributed by atoms with van der Waals surface area (Å²) in [7, 11) is 0. The molecule has 0 saturated carbocycles. The Morgan fingerprint density at radius 3 is 2.18 bits per heavy atom. The van der Waals surface area contributed by atoms with Crippen LogP contribution in [0.5, 0.6) is 0 Å². The molecule has 0 heterocycles. The second kappa shape index (κ2) is 11.0. The Bertz CT molecular complexity index is 2820. The molecule has 5 aromatic carbocycles. The summed E-state index contributed by atoms with van der Waals surface area (Å²) in [4.78, 5) is 0. The molecule has 248 valence electrons. The molecule has 0 aromatic heterocycles. The van der Waals surface area contributed by atoms with Gasteiger partial charge in [0.15, 0.2) is 0 Å². The van der Waals surface area contributed by atoms with E-state index in [4.69, 9.17) is 0 Å². The summed E-state index contributed by atoms with van der Waals surface area (Å²) < 4.78 is 0. The van der Waals surface area contributed by atoms with Gasteiger partial charge in [-0.15, -0.1) is 0 Å². The lowest BCUT2D eigenvalue weighted by molar-refractivity contribution is 0.417. The van der Waals surface area contributed by atoms with Crippen LogP contribution in [0.3, 0.4) is 0 Å². The van der Waals surface area contributed by atoms with Crippen molar-refractivity contribution in [3.63, 3.8) is 0 Å². The molecule has 0 amide bonds. The molecule has 51 heavy (non-hydrogen) atoms. The molecule has 0 fully saturated rings. The van der Waals surface area contributed by atoms with Gasteiger partial charge in [-0.3, -0.25) is 0 Å². The van der Waals surface area contributed by atoms with E-state index in [0.29, 0.717) is 11.8 Å². The average Bonchev–Trinajstić information content (AvgIpc) is 3.41. The normalized spacial score (nSPS) is 23.3. The molecule has 0 heteroatoms. The van der Waals surface area contributed by atoms with Gasteiger partial charge in [-0.2, -0.15) is 0 Å². The van der Waals surface area contributed by atoms with Crippen LogP contribution in [-0.2, 0) is 5.41 Å². The van der Waals surface area contributed by atoms with Crippen molar-refractivity contribution in [3.05, 3.63) is 163 Å². The molecule has 0 nitrogen and oxygen atoms in total. The van der Waals surface area contributed by atoms with Gasteiger partial charge in [0.25, 0.3) is 0 Å². The standard InChI is InChI=1S/C51H44/c1-51(2)46-25-12-11-22-43(46)50-38-17-6-5-16-35(38)45(30-47(50)51)49-41-20-9-7-18-39(41)48(40-19-8-10-21-42(40)49)37-24-13-23-34-36(37)27-26-33-28-31-14-3-4-15-32(31)29-44(33)34/h4-7,9,11-13,15-25,27,29,31,33,47H,3,8,10,14,26,28,30H2,1-2H3. The fraction of sp³-hybridized carbons (Fsp3) is 0.255. The van der Waals surface area contributed by atoms with Crippen LogP contribution in [0, 0.1) is 17.8 Å². The number of allylic oxidation sites excluding steroid dienone is 4. The maximum atomic E-state index is 2.60. The van der Waals surface area contributed by atoms with E-state index in [1.165, 1.54) is 94.7 Å². The lowest BCUT2D eigenvalue weighted by Crippen LogP contribution is -2.42. The number of rotatable bonds is 2. The fourth-order valence-electron chi connectivity index (χ4n) is 11.3. The molecule has 3 unspecified atom stereocenters. The van der Waals surface area contributed by atoms with Crippen LogP contribution in [0.25, 0.3) is 56.8 Å². The third kappa shape index (κ3) is 4.20. The van der Waals surface area contributed by atoms with Gasteiger partial charge in [0, 0.05) is 0 Å². The molecular weight excluding hydrogens is 613 g/mol. The Kier molecular flexibility index (Phi) is 6.43. The van der Waals surface area contributed by atoms with Crippen molar-refractivity contribution < 1.29 is 0 Å². The highest BCUT2D eigenvalue weighted by molar-refractivity contribution is 6.04. The average molecular weight is 657 g/mol. The fourth-order valence-corrected chi connectivity index (χ4v) is 11.3. The van der Waals surface area contributed by atoms with E-state index < -0.39 is 0 Å². The zero-order valence-electron chi connectivity index (χ0n) is 29.8. The van der Waals surface area contributed by atoms with Crippen LogP contribution in [0.4, 0.5) is 0 Å². The third-order valence-electron chi connectivity index (χ3n) is 13.6. The Morgan fingerprint density at radius 1 is 0.608 bits per heavy atom. The van der Waals surface area contributed by atoms with E-state index in [1.807, 2.05) is 0 Å². The molecule has 0 aliphatic heterocycles. The van der Waals surface area contributed by atoms with Crippen molar-refractivity contribution in [2.45, 2.75) is 64.2 Å². The predicted octanol–water partition coefficient (Wildman–Crippen LogP) is 7.82. The summed E-state index contributed by atoms with van der Waals surface area (Å²) in [6.07, 6.45) is 23.3. The summed E-state index contributed by atoms with van der Waals surface area (Å²) in [5, 5.41) is 11.4. The topological polar surface area (TPSA) is 0 Å². The molecular formula is C51H44. The summed E-state index contributed by atoms with van der Waals surface area (Å²) in [5.74, 6) is 1.80. The van der Waals surface area contributed by atoms with Gasteiger partial charge in [0.1, 0.15) is 0 Å². The summed E-state index contributed by atoms with van der Waals surface area (Å²) >= 11 is 0. The first-order chi connectivity index (χ1) is 25.1. The van der Waals surface area contributed by atoms with Crippen molar-refractivity contribution in [1.29, 1.82) is 0 Å². The minimum absolute atomic E-state index is 0.0622. The molecule has 0 bridgehead atoms. The lowest BCUT2D eigenvalue weighted by atomic mass is 9.70. The van der Waals surface area contributed by atoms with Crippen LogP contribution >= 0.6 is 0 Å². The summed E-state index contributed by atoms with van der Waals surface area (Å²) in [5.41, 5.74) is 13.5. The molecule has 5 aromatic rings. The van der Waals surface area contributed by atoms with Crippen molar-refractivity contribution in [1.82, 2.24) is 0 Å². The number of hydrogen-bond acceptors (Lipinski definition) is 0. The third-order valence-corrected chi connectivity index (χ3v) is 13.6. The molecule has 0 saturated heterocycles. The predicted molar refractivity (Wildman–Crippen MR) is 215 cm³/mol. The van der Waals surface area contributed by atoms with E-state index >= 15 is 0 Å². The maximum Gasteiger partial charge on any atom is -0.00168 e. The van der Waals surface area contributed by atoms with Crippen LogP contribution in [0.2, 0.25) is 0 Å². The SMILES string of the molecule is CC1(C)c2ccccc2C2=c3ccccc3=C(c3c4c(c(-c5cccc6c5=CCC5CC7CCC=CC7=CC=65)c5ccccc35)=CCCC=4)CC21. The first-order valence-electron chi connectivity index (χ1n) is 19.5. The monoisotopic (exact) mass is 656 g/mol. The Morgan fingerprint density at radius 2 is 1.31 bits per heavy atom. The zero-order chi connectivity index (χ0) is 33.8. The van der Waals surface area contributed by atoms with Crippen molar-refractivity contribution in [2.24, 2.45) is 17.8 Å². The number of fused-ring (bicyclic) bond motifs is 9. The lowest BCUT2D eigenvalue weighted by Gasteiger charge is -2.34.